The number of benzene rings is 1. The van der Waals surface area contributed by atoms with E-state index in [9.17, 15) is 0 Å². The lowest BCUT2D eigenvalue weighted by molar-refractivity contribution is 0.311. The quantitative estimate of drug-likeness (QED) is 0.836. The zero-order valence-corrected chi connectivity index (χ0v) is 13.2. The first-order valence-corrected chi connectivity index (χ1v) is 7.69. The van der Waals surface area contributed by atoms with Crippen molar-refractivity contribution < 1.29 is 0 Å². The molecule has 106 valence electrons. The summed E-state index contributed by atoms with van der Waals surface area (Å²) in [6.07, 6.45) is 3.82. The minimum Gasteiger partial charge on any atom is -0.307 e. The van der Waals surface area contributed by atoms with Crippen molar-refractivity contribution in [3.8, 4) is 0 Å². The van der Waals surface area contributed by atoms with Crippen LogP contribution in [0.4, 0.5) is 0 Å². The van der Waals surface area contributed by atoms with E-state index in [-0.39, 0.29) is 11.0 Å². The van der Waals surface area contributed by atoms with E-state index in [0.717, 1.165) is 12.5 Å². The van der Waals surface area contributed by atoms with Gasteiger partial charge in [0.15, 0.2) is 0 Å². The maximum Gasteiger partial charge on any atom is 0.0437 e. The predicted octanol–water partition coefficient (Wildman–Crippen LogP) is 4.61. The molecule has 19 heavy (non-hydrogen) atoms. The highest BCUT2D eigenvalue weighted by Crippen LogP contribution is 2.37. The first-order valence-electron chi connectivity index (χ1n) is 7.69. The number of nitrogens with one attached hydrogen (secondary N) is 1. The van der Waals surface area contributed by atoms with Gasteiger partial charge in [0, 0.05) is 5.54 Å². The molecular formula is C18H29N. The maximum atomic E-state index is 3.78. The van der Waals surface area contributed by atoms with Gasteiger partial charge in [-0.15, -0.1) is 0 Å². The van der Waals surface area contributed by atoms with Crippen LogP contribution in [0.5, 0.6) is 0 Å². The van der Waals surface area contributed by atoms with Crippen LogP contribution < -0.4 is 5.32 Å². The number of rotatable bonds is 3. The average molecular weight is 259 g/mol. The third kappa shape index (κ3) is 3.20. The number of hydrogen-bond donors (Lipinski definition) is 1. The van der Waals surface area contributed by atoms with E-state index < -0.39 is 0 Å². The highest BCUT2D eigenvalue weighted by Gasteiger charge is 2.35. The molecule has 0 aliphatic carbocycles. The molecule has 1 unspecified atom stereocenters. The van der Waals surface area contributed by atoms with Gasteiger partial charge < -0.3 is 5.32 Å². The minimum atomic E-state index is 0.227. The Morgan fingerprint density at radius 1 is 1.16 bits per heavy atom. The fraction of sp³-hybridized carbons (Fsp3) is 0.667. The van der Waals surface area contributed by atoms with E-state index in [1.165, 1.54) is 30.4 Å². The van der Waals surface area contributed by atoms with Crippen LogP contribution in [0.25, 0.3) is 0 Å². The molecule has 1 aromatic carbocycles. The van der Waals surface area contributed by atoms with Gasteiger partial charge in [-0.3, -0.25) is 0 Å². The monoisotopic (exact) mass is 259 g/mol. The predicted molar refractivity (Wildman–Crippen MR) is 83.5 cm³/mol. The van der Waals surface area contributed by atoms with E-state index in [2.05, 4.69) is 64.2 Å². The minimum absolute atomic E-state index is 0.227. The zero-order valence-electron chi connectivity index (χ0n) is 13.2. The Kier molecular flexibility index (Phi) is 4.06. The Morgan fingerprint density at radius 3 is 2.21 bits per heavy atom. The van der Waals surface area contributed by atoms with Crippen LogP contribution in [-0.2, 0) is 11.0 Å². The largest absolute Gasteiger partial charge is 0.307 e. The normalized spacial score (nSPS) is 24.1. The second-order valence-corrected chi connectivity index (χ2v) is 7.54. The van der Waals surface area contributed by atoms with Crippen molar-refractivity contribution in [3.05, 3.63) is 35.4 Å². The first-order chi connectivity index (χ1) is 8.83. The van der Waals surface area contributed by atoms with Crippen molar-refractivity contribution >= 4 is 0 Å². The molecule has 1 fully saturated rings. The molecule has 0 spiro atoms. The molecule has 1 N–H and O–H groups in total. The lowest BCUT2D eigenvalue weighted by Crippen LogP contribution is -2.38. The fourth-order valence-electron chi connectivity index (χ4n) is 3.33. The van der Waals surface area contributed by atoms with Gasteiger partial charge in [0.25, 0.3) is 0 Å². The van der Waals surface area contributed by atoms with Gasteiger partial charge in [0.05, 0.1) is 0 Å². The Morgan fingerprint density at radius 2 is 1.79 bits per heavy atom. The molecule has 1 atom stereocenters. The molecule has 0 radical (unpaired) electrons. The lowest BCUT2D eigenvalue weighted by Gasteiger charge is -2.33. The fourth-order valence-corrected chi connectivity index (χ4v) is 3.33. The summed E-state index contributed by atoms with van der Waals surface area (Å²) in [5, 5.41) is 3.78. The van der Waals surface area contributed by atoms with Gasteiger partial charge in [-0.2, -0.15) is 0 Å². The molecule has 1 heteroatoms. The lowest BCUT2D eigenvalue weighted by atomic mass is 9.79. The summed E-state index contributed by atoms with van der Waals surface area (Å²) in [4.78, 5) is 0. The van der Waals surface area contributed by atoms with E-state index in [1.807, 2.05) is 0 Å². The van der Waals surface area contributed by atoms with E-state index in [4.69, 9.17) is 0 Å². The van der Waals surface area contributed by atoms with Gasteiger partial charge >= 0.3 is 0 Å². The van der Waals surface area contributed by atoms with Crippen LogP contribution in [0, 0.1) is 5.92 Å². The smallest absolute Gasteiger partial charge is 0.0437 e. The van der Waals surface area contributed by atoms with Crippen molar-refractivity contribution in [1.29, 1.82) is 0 Å². The van der Waals surface area contributed by atoms with Crippen LogP contribution in [-0.4, -0.2) is 6.54 Å². The molecule has 1 saturated heterocycles. The summed E-state index contributed by atoms with van der Waals surface area (Å²) >= 11 is 0. The highest BCUT2D eigenvalue weighted by atomic mass is 15.0. The Hall–Kier alpha value is -0.820. The molecular weight excluding hydrogens is 230 g/mol. The Balaban J connectivity index is 2.28. The summed E-state index contributed by atoms with van der Waals surface area (Å²) in [7, 11) is 0. The summed E-state index contributed by atoms with van der Waals surface area (Å²) in [5.41, 5.74) is 3.37. The molecule has 2 rings (SSSR count). The van der Waals surface area contributed by atoms with Gasteiger partial charge in [-0.1, -0.05) is 58.9 Å². The Labute approximate surface area is 118 Å². The van der Waals surface area contributed by atoms with Gasteiger partial charge in [0.2, 0.25) is 0 Å². The summed E-state index contributed by atoms with van der Waals surface area (Å²) in [6.45, 7) is 12.6. The molecule has 0 bridgehead atoms. The zero-order chi connectivity index (χ0) is 14.1. The average Bonchev–Trinajstić information content (AvgIpc) is 2.77. The van der Waals surface area contributed by atoms with Gasteiger partial charge in [-0.05, 0) is 48.3 Å². The summed E-state index contributed by atoms with van der Waals surface area (Å²) in [5.74, 6) is 0.730. The molecule has 0 saturated carbocycles. The third-order valence-electron chi connectivity index (χ3n) is 4.30. The van der Waals surface area contributed by atoms with E-state index in [1.54, 1.807) is 0 Å². The molecule has 1 heterocycles. The van der Waals surface area contributed by atoms with E-state index >= 15 is 0 Å². The first kappa shape index (κ1) is 14.6. The topological polar surface area (TPSA) is 12.0 Å². The molecule has 0 amide bonds. The maximum absolute atomic E-state index is 3.78. The molecule has 0 aromatic heterocycles. The molecule has 1 aromatic rings. The summed E-state index contributed by atoms with van der Waals surface area (Å²) in [6, 6.07) is 9.33. The molecule has 1 aliphatic rings. The number of hydrogen-bond acceptors (Lipinski definition) is 1. The van der Waals surface area contributed by atoms with Crippen molar-refractivity contribution in [1.82, 2.24) is 5.32 Å². The standard InChI is InChI=1S/C18H29N/c1-14(2)13-18(11-6-12-19-18)16-9-7-15(8-10-16)17(3,4)5/h7-10,14,19H,6,11-13H2,1-5H3. The van der Waals surface area contributed by atoms with Crippen molar-refractivity contribution in [2.24, 2.45) is 5.92 Å². The van der Waals surface area contributed by atoms with Gasteiger partial charge in [0.1, 0.15) is 0 Å². The van der Waals surface area contributed by atoms with Crippen molar-refractivity contribution in [3.63, 3.8) is 0 Å². The SMILES string of the molecule is CC(C)CC1(c2ccc(C(C)(C)C)cc2)CCCN1. The molecule has 1 aliphatic heterocycles. The summed E-state index contributed by atoms with van der Waals surface area (Å²) < 4.78 is 0. The van der Waals surface area contributed by atoms with E-state index in [0.29, 0.717) is 0 Å². The third-order valence-corrected chi connectivity index (χ3v) is 4.30. The Bertz CT molecular complexity index is 402. The van der Waals surface area contributed by atoms with Crippen LogP contribution >= 0.6 is 0 Å². The van der Waals surface area contributed by atoms with Crippen molar-refractivity contribution in [2.45, 2.75) is 64.8 Å². The second kappa shape index (κ2) is 5.28. The van der Waals surface area contributed by atoms with Crippen LogP contribution in [0.3, 0.4) is 0 Å². The van der Waals surface area contributed by atoms with Gasteiger partial charge in [-0.25, -0.2) is 0 Å². The highest BCUT2D eigenvalue weighted by molar-refractivity contribution is 5.32. The second-order valence-electron chi connectivity index (χ2n) is 7.54. The van der Waals surface area contributed by atoms with Crippen LogP contribution in [0.2, 0.25) is 0 Å². The van der Waals surface area contributed by atoms with Crippen LogP contribution in [0.1, 0.15) is 65.0 Å². The molecule has 1 nitrogen and oxygen atoms in total. The van der Waals surface area contributed by atoms with Crippen LogP contribution in [0.15, 0.2) is 24.3 Å². The van der Waals surface area contributed by atoms with Crippen molar-refractivity contribution in [2.75, 3.05) is 6.54 Å².